The predicted molar refractivity (Wildman–Crippen MR) is 88.8 cm³/mol. The molecule has 2 heterocycles. The van der Waals surface area contributed by atoms with Crippen LogP contribution < -0.4 is 5.32 Å². The average Bonchev–Trinajstić information content (AvgIpc) is 3.24. The third-order valence-electron chi connectivity index (χ3n) is 3.42. The van der Waals surface area contributed by atoms with Crippen molar-refractivity contribution in [1.29, 1.82) is 0 Å². The maximum Gasteiger partial charge on any atom is 0.273 e. The molecule has 1 N–H and O–H groups in total. The van der Waals surface area contributed by atoms with E-state index in [-0.39, 0.29) is 17.8 Å². The van der Waals surface area contributed by atoms with Gasteiger partial charge in [0.2, 0.25) is 0 Å². The molecule has 122 valence electrons. The molecule has 0 spiro atoms. The fourth-order valence-corrected chi connectivity index (χ4v) is 2.82. The topological polar surface area (TPSA) is 98.3 Å². The Morgan fingerprint density at radius 2 is 2.21 bits per heavy atom. The molecule has 0 aliphatic carbocycles. The van der Waals surface area contributed by atoms with Crippen LogP contribution in [0.1, 0.15) is 21.6 Å². The third-order valence-corrected chi connectivity index (χ3v) is 4.31. The monoisotopic (exact) mass is 343 g/mol. The molecule has 24 heavy (non-hydrogen) atoms. The number of hydrogen-bond acceptors (Lipinski definition) is 6. The van der Waals surface area contributed by atoms with Crippen molar-refractivity contribution in [1.82, 2.24) is 10.5 Å². The van der Waals surface area contributed by atoms with Gasteiger partial charge in [0.05, 0.1) is 16.3 Å². The summed E-state index contributed by atoms with van der Waals surface area (Å²) in [5.74, 6) is 0.235. The Labute approximate surface area is 141 Å². The minimum absolute atomic E-state index is 0.0796. The molecule has 0 bridgehead atoms. The SMILES string of the molecule is Cc1ccc(C(=O)NCc2cc(-c3cccs3)on2)cc1[N+](=O)[O-]. The van der Waals surface area contributed by atoms with Gasteiger partial charge in [0.15, 0.2) is 5.76 Å². The van der Waals surface area contributed by atoms with Crippen molar-refractivity contribution in [2.75, 3.05) is 0 Å². The lowest BCUT2D eigenvalue weighted by molar-refractivity contribution is -0.385. The highest BCUT2D eigenvalue weighted by atomic mass is 32.1. The first-order valence-electron chi connectivity index (χ1n) is 7.07. The summed E-state index contributed by atoms with van der Waals surface area (Å²) in [6, 6.07) is 9.96. The van der Waals surface area contributed by atoms with Gasteiger partial charge in [0.25, 0.3) is 11.6 Å². The first kappa shape index (κ1) is 15.9. The normalized spacial score (nSPS) is 10.5. The zero-order valence-corrected chi connectivity index (χ0v) is 13.5. The Hall–Kier alpha value is -3.00. The molecule has 0 aliphatic rings. The molecule has 0 fully saturated rings. The molecule has 3 rings (SSSR count). The smallest absolute Gasteiger partial charge is 0.273 e. The summed E-state index contributed by atoms with van der Waals surface area (Å²) < 4.78 is 5.23. The molecule has 0 atom stereocenters. The summed E-state index contributed by atoms with van der Waals surface area (Å²) in [7, 11) is 0. The molecule has 0 radical (unpaired) electrons. The van der Waals surface area contributed by atoms with E-state index in [1.807, 2.05) is 17.5 Å². The summed E-state index contributed by atoms with van der Waals surface area (Å²) >= 11 is 1.53. The molecule has 1 aromatic carbocycles. The zero-order chi connectivity index (χ0) is 17.1. The van der Waals surface area contributed by atoms with E-state index in [1.165, 1.54) is 17.4 Å². The zero-order valence-electron chi connectivity index (χ0n) is 12.7. The number of aryl methyl sites for hydroxylation is 1. The molecular formula is C16H13N3O4S. The van der Waals surface area contributed by atoms with Crippen LogP contribution in [0.4, 0.5) is 5.69 Å². The highest BCUT2D eigenvalue weighted by Gasteiger charge is 2.15. The Kier molecular flexibility index (Phi) is 4.39. The van der Waals surface area contributed by atoms with E-state index < -0.39 is 10.8 Å². The largest absolute Gasteiger partial charge is 0.355 e. The Morgan fingerprint density at radius 1 is 1.38 bits per heavy atom. The molecule has 1 amide bonds. The van der Waals surface area contributed by atoms with E-state index in [1.54, 1.807) is 25.1 Å². The van der Waals surface area contributed by atoms with Gasteiger partial charge in [-0.2, -0.15) is 0 Å². The number of rotatable bonds is 5. The highest BCUT2D eigenvalue weighted by Crippen LogP contribution is 2.25. The second-order valence-electron chi connectivity index (χ2n) is 5.10. The standard InChI is InChI=1S/C16H13N3O4S/c1-10-4-5-11(7-13(10)19(21)22)16(20)17-9-12-8-14(23-18-12)15-3-2-6-24-15/h2-8H,9H2,1H3,(H,17,20). The number of thiophene rings is 1. The first-order valence-corrected chi connectivity index (χ1v) is 7.95. The summed E-state index contributed by atoms with van der Waals surface area (Å²) in [4.78, 5) is 23.5. The number of nitro benzene ring substituents is 1. The van der Waals surface area contributed by atoms with Gasteiger partial charge in [-0.05, 0) is 24.4 Å². The summed E-state index contributed by atoms with van der Waals surface area (Å²) in [6.07, 6.45) is 0. The minimum atomic E-state index is -0.503. The highest BCUT2D eigenvalue weighted by molar-refractivity contribution is 7.13. The van der Waals surface area contributed by atoms with Crippen LogP contribution >= 0.6 is 11.3 Å². The van der Waals surface area contributed by atoms with Crippen LogP contribution in [0.3, 0.4) is 0 Å². The van der Waals surface area contributed by atoms with Gasteiger partial charge in [-0.25, -0.2) is 0 Å². The molecule has 0 saturated carbocycles. The molecule has 0 saturated heterocycles. The number of nitrogens with zero attached hydrogens (tertiary/aromatic N) is 2. The van der Waals surface area contributed by atoms with Crippen LogP contribution in [0.5, 0.6) is 0 Å². The summed E-state index contributed by atoms with van der Waals surface area (Å²) in [5.41, 5.74) is 1.24. The van der Waals surface area contributed by atoms with Gasteiger partial charge in [-0.1, -0.05) is 17.3 Å². The second kappa shape index (κ2) is 6.63. The van der Waals surface area contributed by atoms with E-state index in [4.69, 9.17) is 4.52 Å². The van der Waals surface area contributed by atoms with Crippen LogP contribution in [-0.4, -0.2) is 16.0 Å². The van der Waals surface area contributed by atoms with E-state index in [0.29, 0.717) is 17.0 Å². The quantitative estimate of drug-likeness (QED) is 0.564. The number of hydrogen-bond donors (Lipinski definition) is 1. The fraction of sp³-hybridized carbons (Fsp3) is 0.125. The summed E-state index contributed by atoms with van der Waals surface area (Å²) in [5, 5.41) is 19.5. The van der Waals surface area contributed by atoms with Crippen molar-refractivity contribution in [2.24, 2.45) is 0 Å². The Morgan fingerprint density at radius 3 is 2.92 bits per heavy atom. The minimum Gasteiger partial charge on any atom is -0.355 e. The molecule has 3 aromatic rings. The lowest BCUT2D eigenvalue weighted by Crippen LogP contribution is -2.23. The van der Waals surface area contributed by atoms with Crippen LogP contribution in [0.15, 0.2) is 46.3 Å². The van der Waals surface area contributed by atoms with Gasteiger partial charge in [-0.3, -0.25) is 14.9 Å². The number of aromatic nitrogens is 1. The molecule has 0 aliphatic heterocycles. The number of nitro groups is 1. The molecule has 2 aromatic heterocycles. The lowest BCUT2D eigenvalue weighted by Gasteiger charge is -2.04. The van der Waals surface area contributed by atoms with E-state index in [9.17, 15) is 14.9 Å². The van der Waals surface area contributed by atoms with Crippen LogP contribution in [0, 0.1) is 17.0 Å². The predicted octanol–water partition coefficient (Wildman–Crippen LogP) is 3.55. The molecule has 7 nitrogen and oxygen atoms in total. The van der Waals surface area contributed by atoms with Crippen molar-refractivity contribution >= 4 is 22.9 Å². The van der Waals surface area contributed by atoms with Gasteiger partial charge < -0.3 is 9.84 Å². The summed E-state index contributed by atoms with van der Waals surface area (Å²) in [6.45, 7) is 1.80. The van der Waals surface area contributed by atoms with Gasteiger partial charge in [0, 0.05) is 23.3 Å². The number of carbonyl (C=O) groups excluding carboxylic acids is 1. The third kappa shape index (κ3) is 3.33. The molecular weight excluding hydrogens is 330 g/mol. The van der Waals surface area contributed by atoms with Crippen molar-refractivity contribution in [2.45, 2.75) is 13.5 Å². The Balaban J connectivity index is 1.68. The molecule has 8 heteroatoms. The maximum atomic E-state index is 12.1. The van der Waals surface area contributed by atoms with Gasteiger partial charge in [0.1, 0.15) is 5.69 Å². The number of amides is 1. The first-order chi connectivity index (χ1) is 11.5. The van der Waals surface area contributed by atoms with Crippen LogP contribution in [0.25, 0.3) is 10.6 Å². The Bertz CT molecular complexity index is 887. The second-order valence-corrected chi connectivity index (χ2v) is 6.05. The number of benzene rings is 1. The van der Waals surface area contributed by atoms with Crippen molar-refractivity contribution in [3.63, 3.8) is 0 Å². The fourth-order valence-electron chi connectivity index (χ4n) is 2.15. The van der Waals surface area contributed by atoms with E-state index in [2.05, 4.69) is 10.5 Å². The van der Waals surface area contributed by atoms with E-state index in [0.717, 1.165) is 4.88 Å². The van der Waals surface area contributed by atoms with Gasteiger partial charge >= 0.3 is 0 Å². The van der Waals surface area contributed by atoms with Crippen LogP contribution in [0.2, 0.25) is 0 Å². The lowest BCUT2D eigenvalue weighted by atomic mass is 10.1. The average molecular weight is 343 g/mol. The number of carbonyl (C=O) groups is 1. The van der Waals surface area contributed by atoms with Crippen molar-refractivity contribution in [3.05, 3.63) is 68.7 Å². The maximum absolute atomic E-state index is 12.1. The molecule has 0 unspecified atom stereocenters. The number of nitrogens with one attached hydrogen (secondary N) is 1. The van der Waals surface area contributed by atoms with Crippen LogP contribution in [-0.2, 0) is 6.54 Å². The van der Waals surface area contributed by atoms with E-state index >= 15 is 0 Å². The van der Waals surface area contributed by atoms with Crippen molar-refractivity contribution in [3.8, 4) is 10.6 Å². The van der Waals surface area contributed by atoms with Crippen molar-refractivity contribution < 1.29 is 14.2 Å². The van der Waals surface area contributed by atoms with Gasteiger partial charge in [-0.15, -0.1) is 11.3 Å².